The third-order valence-electron chi connectivity index (χ3n) is 3.64. The summed E-state index contributed by atoms with van der Waals surface area (Å²) in [5, 5.41) is 4.30. The van der Waals surface area contributed by atoms with E-state index in [1.165, 1.54) is 44.7 Å². The minimum Gasteiger partial charge on any atom is -0.313 e. The van der Waals surface area contributed by atoms with E-state index in [1.54, 1.807) is 0 Å². The molecule has 0 bridgehead atoms. The van der Waals surface area contributed by atoms with E-state index in [0.29, 0.717) is 0 Å². The standard InChI is InChI=1S/C15H24ClN3/c1-18-8-10-19(11-9-18)7-3-6-17-13-14-4-2-5-15(16)12-14/h2,4-5,12,17H,3,6-11,13H2,1H3. The minimum atomic E-state index is 0.816. The number of likely N-dealkylation sites (N-methyl/N-ethyl adjacent to an activating group) is 1. The molecule has 0 aromatic heterocycles. The second-order valence-electron chi connectivity index (χ2n) is 5.31. The van der Waals surface area contributed by atoms with Crippen LogP contribution in [0, 0.1) is 0 Å². The van der Waals surface area contributed by atoms with Gasteiger partial charge in [-0.3, -0.25) is 0 Å². The van der Waals surface area contributed by atoms with Gasteiger partial charge in [0.2, 0.25) is 0 Å². The molecule has 1 aromatic carbocycles. The van der Waals surface area contributed by atoms with Gasteiger partial charge in [-0.2, -0.15) is 0 Å². The van der Waals surface area contributed by atoms with Crippen molar-refractivity contribution >= 4 is 11.6 Å². The average molecular weight is 282 g/mol. The van der Waals surface area contributed by atoms with E-state index in [1.807, 2.05) is 18.2 Å². The van der Waals surface area contributed by atoms with Gasteiger partial charge in [0.25, 0.3) is 0 Å². The lowest BCUT2D eigenvalue weighted by atomic mass is 10.2. The van der Waals surface area contributed by atoms with Crippen molar-refractivity contribution in [1.29, 1.82) is 0 Å². The molecule has 1 N–H and O–H groups in total. The summed E-state index contributed by atoms with van der Waals surface area (Å²) in [5.74, 6) is 0. The first kappa shape index (κ1) is 14.8. The molecule has 1 saturated heterocycles. The molecule has 1 aromatic rings. The number of nitrogens with zero attached hydrogens (tertiary/aromatic N) is 2. The molecule has 2 rings (SSSR count). The molecule has 0 spiro atoms. The van der Waals surface area contributed by atoms with Crippen molar-refractivity contribution in [2.45, 2.75) is 13.0 Å². The number of benzene rings is 1. The van der Waals surface area contributed by atoms with Crippen LogP contribution in [0.4, 0.5) is 0 Å². The van der Waals surface area contributed by atoms with Crippen molar-refractivity contribution in [1.82, 2.24) is 15.1 Å². The van der Waals surface area contributed by atoms with Gasteiger partial charge in [0, 0.05) is 37.7 Å². The van der Waals surface area contributed by atoms with Gasteiger partial charge in [-0.15, -0.1) is 0 Å². The molecule has 19 heavy (non-hydrogen) atoms. The molecule has 0 atom stereocenters. The summed E-state index contributed by atoms with van der Waals surface area (Å²) < 4.78 is 0. The maximum atomic E-state index is 5.96. The number of hydrogen-bond donors (Lipinski definition) is 1. The zero-order valence-corrected chi connectivity index (χ0v) is 12.5. The predicted molar refractivity (Wildman–Crippen MR) is 81.7 cm³/mol. The minimum absolute atomic E-state index is 0.816. The number of rotatable bonds is 6. The summed E-state index contributed by atoms with van der Waals surface area (Å²) in [7, 11) is 2.20. The Hall–Kier alpha value is -0.610. The van der Waals surface area contributed by atoms with Crippen LogP contribution in [0.25, 0.3) is 0 Å². The molecule has 3 nitrogen and oxygen atoms in total. The second kappa shape index (κ2) is 7.85. The van der Waals surface area contributed by atoms with Crippen LogP contribution >= 0.6 is 11.6 Å². The fraction of sp³-hybridized carbons (Fsp3) is 0.600. The molecule has 1 fully saturated rings. The SMILES string of the molecule is CN1CCN(CCCNCc2cccc(Cl)c2)CC1. The van der Waals surface area contributed by atoms with Crippen LogP contribution in [-0.2, 0) is 6.54 Å². The number of hydrogen-bond acceptors (Lipinski definition) is 3. The van der Waals surface area contributed by atoms with Crippen molar-refractivity contribution in [3.8, 4) is 0 Å². The van der Waals surface area contributed by atoms with Gasteiger partial charge in [-0.1, -0.05) is 23.7 Å². The Labute approximate surface area is 121 Å². The van der Waals surface area contributed by atoms with E-state index >= 15 is 0 Å². The van der Waals surface area contributed by atoms with Crippen LogP contribution in [0.3, 0.4) is 0 Å². The second-order valence-corrected chi connectivity index (χ2v) is 5.74. The lowest BCUT2D eigenvalue weighted by molar-refractivity contribution is 0.153. The van der Waals surface area contributed by atoms with Crippen molar-refractivity contribution in [3.63, 3.8) is 0 Å². The van der Waals surface area contributed by atoms with E-state index in [9.17, 15) is 0 Å². The fourth-order valence-electron chi connectivity index (χ4n) is 2.38. The molecule has 1 aliphatic rings. The van der Waals surface area contributed by atoms with Gasteiger partial charge in [0.15, 0.2) is 0 Å². The Balaban J connectivity index is 1.55. The summed E-state index contributed by atoms with van der Waals surface area (Å²) in [6, 6.07) is 8.05. The Bertz CT molecular complexity index is 375. The zero-order valence-electron chi connectivity index (χ0n) is 11.7. The highest BCUT2D eigenvalue weighted by Gasteiger charge is 2.12. The van der Waals surface area contributed by atoms with Gasteiger partial charge in [-0.05, 0) is 44.3 Å². The molecule has 1 heterocycles. The van der Waals surface area contributed by atoms with Crippen molar-refractivity contribution in [3.05, 3.63) is 34.9 Å². The molecular formula is C15H24ClN3. The molecule has 0 amide bonds. The van der Waals surface area contributed by atoms with Crippen molar-refractivity contribution < 1.29 is 0 Å². The van der Waals surface area contributed by atoms with Crippen LogP contribution in [0.15, 0.2) is 24.3 Å². The molecular weight excluding hydrogens is 258 g/mol. The highest BCUT2D eigenvalue weighted by molar-refractivity contribution is 6.30. The number of halogens is 1. The molecule has 4 heteroatoms. The van der Waals surface area contributed by atoms with E-state index < -0.39 is 0 Å². The smallest absolute Gasteiger partial charge is 0.0409 e. The van der Waals surface area contributed by atoms with E-state index in [0.717, 1.165) is 18.1 Å². The molecule has 1 aliphatic heterocycles. The summed E-state index contributed by atoms with van der Waals surface area (Å²) in [6.45, 7) is 8.01. The van der Waals surface area contributed by atoms with Crippen LogP contribution in [0.1, 0.15) is 12.0 Å². The maximum absolute atomic E-state index is 5.96. The molecule has 0 saturated carbocycles. The highest BCUT2D eigenvalue weighted by atomic mass is 35.5. The third kappa shape index (κ3) is 5.49. The lowest BCUT2D eigenvalue weighted by Crippen LogP contribution is -2.45. The Kier molecular flexibility index (Phi) is 6.11. The monoisotopic (exact) mass is 281 g/mol. The zero-order chi connectivity index (χ0) is 13.5. The first-order chi connectivity index (χ1) is 9.24. The van der Waals surface area contributed by atoms with E-state index in [-0.39, 0.29) is 0 Å². The maximum Gasteiger partial charge on any atom is 0.0409 e. The quantitative estimate of drug-likeness (QED) is 0.806. The lowest BCUT2D eigenvalue weighted by Gasteiger charge is -2.32. The number of piperazine rings is 1. The summed E-state index contributed by atoms with van der Waals surface area (Å²) >= 11 is 5.96. The largest absolute Gasteiger partial charge is 0.313 e. The van der Waals surface area contributed by atoms with E-state index in [4.69, 9.17) is 11.6 Å². The molecule has 0 unspecified atom stereocenters. The highest BCUT2D eigenvalue weighted by Crippen LogP contribution is 2.10. The van der Waals surface area contributed by atoms with Gasteiger partial charge >= 0.3 is 0 Å². The third-order valence-corrected chi connectivity index (χ3v) is 3.88. The van der Waals surface area contributed by atoms with Crippen LogP contribution < -0.4 is 5.32 Å². The topological polar surface area (TPSA) is 18.5 Å². The van der Waals surface area contributed by atoms with Gasteiger partial charge in [-0.25, -0.2) is 0 Å². The van der Waals surface area contributed by atoms with Crippen LogP contribution in [0.2, 0.25) is 5.02 Å². The normalized spacial score (nSPS) is 17.8. The average Bonchev–Trinajstić information content (AvgIpc) is 2.41. The summed E-state index contributed by atoms with van der Waals surface area (Å²) in [6.07, 6.45) is 1.21. The first-order valence-electron chi connectivity index (χ1n) is 7.10. The van der Waals surface area contributed by atoms with Gasteiger partial charge in [0.05, 0.1) is 0 Å². The van der Waals surface area contributed by atoms with Crippen LogP contribution in [-0.4, -0.2) is 56.1 Å². The van der Waals surface area contributed by atoms with Gasteiger partial charge < -0.3 is 15.1 Å². The number of nitrogens with one attached hydrogen (secondary N) is 1. The summed E-state index contributed by atoms with van der Waals surface area (Å²) in [5.41, 5.74) is 1.26. The van der Waals surface area contributed by atoms with Crippen molar-refractivity contribution in [2.75, 3.05) is 46.3 Å². The summed E-state index contributed by atoms with van der Waals surface area (Å²) in [4.78, 5) is 4.95. The fourth-order valence-corrected chi connectivity index (χ4v) is 2.59. The predicted octanol–water partition coefficient (Wildman–Crippen LogP) is 2.07. The van der Waals surface area contributed by atoms with Crippen molar-refractivity contribution in [2.24, 2.45) is 0 Å². The van der Waals surface area contributed by atoms with E-state index in [2.05, 4.69) is 28.2 Å². The molecule has 106 valence electrons. The van der Waals surface area contributed by atoms with Gasteiger partial charge in [0.1, 0.15) is 0 Å². The molecule has 0 aliphatic carbocycles. The first-order valence-corrected chi connectivity index (χ1v) is 7.48. The van der Waals surface area contributed by atoms with Crippen LogP contribution in [0.5, 0.6) is 0 Å². The Morgan fingerprint density at radius 2 is 2.00 bits per heavy atom. The Morgan fingerprint density at radius 3 is 2.74 bits per heavy atom. The molecule has 0 radical (unpaired) electrons. The Morgan fingerprint density at radius 1 is 1.21 bits per heavy atom.